The van der Waals surface area contributed by atoms with Gasteiger partial charge >= 0.3 is 0 Å². The SMILES string of the molecule is O=C(CSc1nc(-c2ccccc2)cs1)Nc1ncc(Cc2ccccc2Cl)s1. The number of thioether (sulfide) groups is 1. The lowest BCUT2D eigenvalue weighted by Crippen LogP contribution is -2.13. The molecule has 0 saturated carbocycles. The van der Waals surface area contributed by atoms with Crippen LogP contribution in [0.15, 0.2) is 70.5 Å². The summed E-state index contributed by atoms with van der Waals surface area (Å²) >= 11 is 10.7. The maximum absolute atomic E-state index is 12.3. The first-order chi connectivity index (χ1) is 14.2. The molecule has 1 N–H and O–H groups in total. The molecule has 4 aromatic rings. The number of benzene rings is 2. The van der Waals surface area contributed by atoms with Crippen molar-refractivity contribution >= 4 is 57.1 Å². The van der Waals surface area contributed by atoms with Crippen LogP contribution in [0.25, 0.3) is 11.3 Å². The number of anilines is 1. The summed E-state index contributed by atoms with van der Waals surface area (Å²) in [5.41, 5.74) is 3.06. The lowest BCUT2D eigenvalue weighted by Gasteiger charge is -2.01. The molecule has 146 valence electrons. The highest BCUT2D eigenvalue weighted by atomic mass is 35.5. The first-order valence-corrected chi connectivity index (χ1v) is 11.8. The second-order valence-electron chi connectivity index (χ2n) is 6.10. The van der Waals surface area contributed by atoms with Gasteiger partial charge in [0.1, 0.15) is 0 Å². The Kier molecular flexibility index (Phi) is 6.61. The Morgan fingerprint density at radius 3 is 2.72 bits per heavy atom. The van der Waals surface area contributed by atoms with Gasteiger partial charge in [0, 0.05) is 33.5 Å². The Hall–Kier alpha value is -2.19. The van der Waals surface area contributed by atoms with Gasteiger partial charge in [0.15, 0.2) is 9.47 Å². The number of carbonyl (C=O) groups excluding carboxylic acids is 1. The highest BCUT2D eigenvalue weighted by Gasteiger charge is 2.11. The molecule has 0 fully saturated rings. The van der Waals surface area contributed by atoms with E-state index in [1.165, 1.54) is 23.1 Å². The molecule has 2 heterocycles. The number of halogens is 1. The summed E-state index contributed by atoms with van der Waals surface area (Å²) in [5, 5.41) is 6.21. The van der Waals surface area contributed by atoms with Gasteiger partial charge in [-0.1, -0.05) is 71.9 Å². The molecule has 0 aliphatic carbocycles. The summed E-state index contributed by atoms with van der Waals surface area (Å²) in [7, 11) is 0. The summed E-state index contributed by atoms with van der Waals surface area (Å²) in [4.78, 5) is 22.2. The van der Waals surface area contributed by atoms with Gasteiger partial charge in [-0.05, 0) is 11.6 Å². The Labute approximate surface area is 186 Å². The Balaban J connectivity index is 1.30. The van der Waals surface area contributed by atoms with E-state index in [0.717, 1.165) is 31.1 Å². The molecule has 4 rings (SSSR count). The summed E-state index contributed by atoms with van der Waals surface area (Å²) in [5.74, 6) is 0.200. The number of carbonyl (C=O) groups is 1. The molecule has 4 nitrogen and oxygen atoms in total. The van der Waals surface area contributed by atoms with Crippen LogP contribution < -0.4 is 5.32 Å². The van der Waals surface area contributed by atoms with Gasteiger partial charge < -0.3 is 5.32 Å². The Morgan fingerprint density at radius 1 is 1.10 bits per heavy atom. The zero-order chi connectivity index (χ0) is 20.1. The summed E-state index contributed by atoms with van der Waals surface area (Å²) in [6.45, 7) is 0. The highest BCUT2D eigenvalue weighted by Crippen LogP contribution is 2.29. The van der Waals surface area contributed by atoms with Crippen molar-refractivity contribution in [1.29, 1.82) is 0 Å². The predicted molar refractivity (Wildman–Crippen MR) is 123 cm³/mol. The fourth-order valence-electron chi connectivity index (χ4n) is 2.62. The van der Waals surface area contributed by atoms with Crippen LogP contribution in [0.2, 0.25) is 5.02 Å². The number of thiazole rings is 2. The molecule has 1 amide bonds. The molecule has 0 bridgehead atoms. The van der Waals surface area contributed by atoms with E-state index in [4.69, 9.17) is 11.6 Å². The number of hydrogen-bond acceptors (Lipinski definition) is 6. The zero-order valence-electron chi connectivity index (χ0n) is 15.2. The van der Waals surface area contributed by atoms with Crippen molar-refractivity contribution in [2.45, 2.75) is 10.8 Å². The van der Waals surface area contributed by atoms with E-state index < -0.39 is 0 Å². The van der Waals surface area contributed by atoms with Crippen molar-refractivity contribution in [3.63, 3.8) is 0 Å². The molecule has 0 atom stereocenters. The van der Waals surface area contributed by atoms with E-state index in [1.54, 1.807) is 17.5 Å². The van der Waals surface area contributed by atoms with Gasteiger partial charge in [-0.15, -0.1) is 22.7 Å². The molecule has 2 aromatic heterocycles. The normalized spacial score (nSPS) is 10.8. The predicted octanol–water partition coefficient (Wildman–Crippen LogP) is 6.24. The first-order valence-electron chi connectivity index (χ1n) is 8.79. The number of nitrogens with one attached hydrogen (secondary N) is 1. The average Bonchev–Trinajstić information content (AvgIpc) is 3.38. The van der Waals surface area contributed by atoms with Gasteiger partial charge in [0.25, 0.3) is 0 Å². The van der Waals surface area contributed by atoms with E-state index in [9.17, 15) is 4.79 Å². The van der Waals surface area contributed by atoms with Crippen LogP contribution in [0, 0.1) is 0 Å². The fourth-order valence-corrected chi connectivity index (χ4v) is 5.31. The van der Waals surface area contributed by atoms with Crippen molar-refractivity contribution in [2.24, 2.45) is 0 Å². The first kappa shape index (κ1) is 20.1. The van der Waals surface area contributed by atoms with Crippen LogP contribution >= 0.6 is 46.0 Å². The molecule has 0 unspecified atom stereocenters. The van der Waals surface area contributed by atoms with Crippen molar-refractivity contribution in [1.82, 2.24) is 9.97 Å². The van der Waals surface area contributed by atoms with Crippen LogP contribution in [-0.2, 0) is 11.2 Å². The third-order valence-corrected chi connectivity index (χ3v) is 7.30. The van der Waals surface area contributed by atoms with Gasteiger partial charge in [0.05, 0.1) is 11.4 Å². The van der Waals surface area contributed by atoms with Crippen LogP contribution in [0.3, 0.4) is 0 Å². The topological polar surface area (TPSA) is 54.9 Å². The van der Waals surface area contributed by atoms with Gasteiger partial charge in [-0.3, -0.25) is 4.79 Å². The second-order valence-corrected chi connectivity index (χ2v) is 9.70. The summed E-state index contributed by atoms with van der Waals surface area (Å²) < 4.78 is 0.873. The summed E-state index contributed by atoms with van der Waals surface area (Å²) in [6, 6.07) is 17.8. The van der Waals surface area contributed by atoms with E-state index >= 15 is 0 Å². The van der Waals surface area contributed by atoms with Crippen LogP contribution in [0.1, 0.15) is 10.4 Å². The minimum absolute atomic E-state index is 0.0925. The largest absolute Gasteiger partial charge is 0.301 e. The monoisotopic (exact) mass is 457 g/mol. The molecule has 29 heavy (non-hydrogen) atoms. The molecular formula is C21H16ClN3OS3. The van der Waals surface area contributed by atoms with Crippen LogP contribution in [0.4, 0.5) is 5.13 Å². The minimum Gasteiger partial charge on any atom is -0.301 e. The zero-order valence-corrected chi connectivity index (χ0v) is 18.4. The molecular weight excluding hydrogens is 442 g/mol. The van der Waals surface area contributed by atoms with Crippen molar-refractivity contribution in [2.75, 3.05) is 11.1 Å². The molecule has 0 radical (unpaired) electrons. The van der Waals surface area contributed by atoms with Gasteiger partial charge in [-0.25, -0.2) is 9.97 Å². The highest BCUT2D eigenvalue weighted by molar-refractivity contribution is 8.01. The van der Waals surface area contributed by atoms with Crippen molar-refractivity contribution in [3.8, 4) is 11.3 Å². The number of rotatable bonds is 7. The summed E-state index contributed by atoms with van der Waals surface area (Å²) in [6.07, 6.45) is 2.48. The number of hydrogen-bond donors (Lipinski definition) is 1. The minimum atomic E-state index is -0.0925. The van der Waals surface area contributed by atoms with Gasteiger partial charge in [-0.2, -0.15) is 0 Å². The maximum Gasteiger partial charge on any atom is 0.236 e. The third-order valence-electron chi connectivity index (χ3n) is 4.00. The van der Waals surface area contributed by atoms with E-state index in [0.29, 0.717) is 17.3 Å². The number of nitrogens with zero attached hydrogens (tertiary/aromatic N) is 2. The van der Waals surface area contributed by atoms with Crippen molar-refractivity contribution in [3.05, 3.63) is 81.6 Å². The Morgan fingerprint density at radius 2 is 1.90 bits per heavy atom. The second kappa shape index (κ2) is 9.54. The number of amides is 1. The quantitative estimate of drug-likeness (QED) is 0.333. The molecule has 0 aliphatic heterocycles. The average molecular weight is 458 g/mol. The van der Waals surface area contributed by atoms with E-state index in [1.807, 2.05) is 60.0 Å². The smallest absolute Gasteiger partial charge is 0.236 e. The van der Waals surface area contributed by atoms with Crippen molar-refractivity contribution < 1.29 is 4.79 Å². The standard InChI is InChI=1S/C21H16ClN3OS3/c22-17-9-5-4-8-15(17)10-16-11-23-20(29-16)25-19(26)13-28-21-24-18(12-27-21)14-6-2-1-3-7-14/h1-9,11-12H,10,13H2,(H,23,25,26). The van der Waals surface area contributed by atoms with Gasteiger partial charge in [0.2, 0.25) is 5.91 Å². The van der Waals surface area contributed by atoms with Crippen LogP contribution in [0.5, 0.6) is 0 Å². The molecule has 2 aromatic carbocycles. The van der Waals surface area contributed by atoms with Crippen LogP contribution in [-0.4, -0.2) is 21.6 Å². The maximum atomic E-state index is 12.3. The Bertz CT molecular complexity index is 1110. The molecule has 0 spiro atoms. The fraction of sp³-hybridized carbons (Fsp3) is 0.0952. The molecule has 8 heteroatoms. The number of aromatic nitrogens is 2. The lowest BCUT2D eigenvalue weighted by atomic mass is 10.1. The lowest BCUT2D eigenvalue weighted by molar-refractivity contribution is -0.113. The molecule has 0 aliphatic rings. The third kappa shape index (κ3) is 5.45. The van der Waals surface area contributed by atoms with E-state index in [-0.39, 0.29) is 5.91 Å². The molecule has 0 saturated heterocycles. The van der Waals surface area contributed by atoms with E-state index in [2.05, 4.69) is 15.3 Å².